The van der Waals surface area contributed by atoms with Crippen molar-refractivity contribution in [2.24, 2.45) is 0 Å². The molecule has 3 heterocycles. The number of fused-ring (bicyclic) bond motifs is 1. The van der Waals surface area contributed by atoms with Crippen molar-refractivity contribution in [2.75, 3.05) is 45.1 Å². The Bertz CT molecular complexity index is 1310. The third-order valence-electron chi connectivity index (χ3n) is 5.99. The molecule has 1 fully saturated rings. The van der Waals surface area contributed by atoms with E-state index in [0.29, 0.717) is 11.7 Å². The standard InChI is InChI=1S/C24H27N6OPS/c1-15-23(33-24(25-15)26-21(31)14-30-10-8-29(2)9-11-30)17-6-7-19-20(13-17)27-28-22(19)16-4-3-5-18(32)12-16/h3-7,12-13H,8-11,14,32H2,1-2H3,(H,27,28)(H,25,26,31). The van der Waals surface area contributed by atoms with Crippen LogP contribution in [0, 0.1) is 6.92 Å². The Labute approximate surface area is 199 Å². The van der Waals surface area contributed by atoms with E-state index in [1.165, 1.54) is 11.3 Å². The molecule has 7 nitrogen and oxygen atoms in total. The van der Waals surface area contributed by atoms with Gasteiger partial charge in [-0.15, -0.1) is 9.24 Å². The van der Waals surface area contributed by atoms with E-state index in [2.05, 4.69) is 83.0 Å². The summed E-state index contributed by atoms with van der Waals surface area (Å²) in [5.41, 5.74) is 4.97. The number of aryl methyl sites for hydroxylation is 1. The highest BCUT2D eigenvalue weighted by atomic mass is 32.1. The summed E-state index contributed by atoms with van der Waals surface area (Å²) in [6.07, 6.45) is 0. The van der Waals surface area contributed by atoms with Crippen molar-refractivity contribution in [2.45, 2.75) is 6.92 Å². The number of aromatic nitrogens is 3. The first-order valence-electron chi connectivity index (χ1n) is 11.0. The summed E-state index contributed by atoms with van der Waals surface area (Å²) < 4.78 is 0. The molecule has 0 bridgehead atoms. The Morgan fingerprint density at radius 1 is 1.15 bits per heavy atom. The predicted molar refractivity (Wildman–Crippen MR) is 139 cm³/mol. The summed E-state index contributed by atoms with van der Waals surface area (Å²) in [7, 11) is 4.84. The van der Waals surface area contributed by atoms with Gasteiger partial charge in [-0.05, 0) is 43.0 Å². The van der Waals surface area contributed by atoms with Crippen molar-refractivity contribution in [3.63, 3.8) is 0 Å². The van der Waals surface area contributed by atoms with E-state index in [-0.39, 0.29) is 5.91 Å². The summed E-state index contributed by atoms with van der Waals surface area (Å²) >= 11 is 1.51. The molecule has 1 atom stereocenters. The molecule has 1 aliphatic heterocycles. The minimum atomic E-state index is -0.00941. The molecule has 4 aromatic rings. The van der Waals surface area contributed by atoms with E-state index < -0.39 is 0 Å². The van der Waals surface area contributed by atoms with Crippen molar-refractivity contribution in [1.82, 2.24) is 25.0 Å². The van der Waals surface area contributed by atoms with Gasteiger partial charge in [-0.25, -0.2) is 4.98 Å². The second kappa shape index (κ2) is 9.31. The number of likely N-dealkylation sites (N-methyl/N-ethyl adjacent to an activating group) is 1. The number of rotatable bonds is 5. The summed E-state index contributed by atoms with van der Waals surface area (Å²) in [6.45, 7) is 6.21. The monoisotopic (exact) mass is 478 g/mol. The molecule has 1 saturated heterocycles. The topological polar surface area (TPSA) is 77.2 Å². The zero-order valence-corrected chi connectivity index (χ0v) is 20.7. The van der Waals surface area contributed by atoms with Crippen LogP contribution in [0.1, 0.15) is 5.69 Å². The molecular formula is C24H27N6OPS. The molecule has 1 amide bonds. The number of carbonyl (C=O) groups excluding carboxylic acids is 1. The number of carbonyl (C=O) groups is 1. The van der Waals surface area contributed by atoms with E-state index >= 15 is 0 Å². The number of hydrogen-bond donors (Lipinski definition) is 2. The van der Waals surface area contributed by atoms with E-state index in [1.807, 2.05) is 13.0 Å². The molecule has 0 aliphatic carbocycles. The molecule has 9 heteroatoms. The lowest BCUT2D eigenvalue weighted by molar-refractivity contribution is -0.117. The molecule has 2 N–H and O–H groups in total. The summed E-state index contributed by atoms with van der Waals surface area (Å²) in [4.78, 5) is 22.7. The highest BCUT2D eigenvalue weighted by Crippen LogP contribution is 2.35. The van der Waals surface area contributed by atoms with Crippen molar-refractivity contribution in [3.8, 4) is 21.7 Å². The average Bonchev–Trinajstić information content (AvgIpc) is 3.38. The smallest absolute Gasteiger partial charge is 0.240 e. The third-order valence-corrected chi connectivity index (χ3v) is 7.47. The number of anilines is 1. The van der Waals surface area contributed by atoms with Gasteiger partial charge in [0.15, 0.2) is 5.13 Å². The van der Waals surface area contributed by atoms with Crippen LogP contribution in [0.2, 0.25) is 0 Å². The van der Waals surface area contributed by atoms with Crippen LogP contribution in [0.5, 0.6) is 0 Å². The molecule has 5 rings (SSSR count). The molecule has 1 aliphatic rings. The Hall–Kier alpha value is -2.64. The fourth-order valence-electron chi connectivity index (χ4n) is 4.15. The molecule has 0 radical (unpaired) electrons. The number of benzene rings is 2. The van der Waals surface area contributed by atoms with Crippen LogP contribution < -0.4 is 10.6 Å². The summed E-state index contributed by atoms with van der Waals surface area (Å²) in [5, 5.41) is 13.6. The Morgan fingerprint density at radius 3 is 2.76 bits per heavy atom. The number of nitrogens with one attached hydrogen (secondary N) is 2. The lowest BCUT2D eigenvalue weighted by Crippen LogP contribution is -2.47. The number of amides is 1. The van der Waals surface area contributed by atoms with Crippen LogP contribution in [0.15, 0.2) is 42.5 Å². The lowest BCUT2D eigenvalue weighted by Gasteiger charge is -2.31. The zero-order chi connectivity index (χ0) is 22.9. The first-order chi connectivity index (χ1) is 16.0. The molecule has 1 unspecified atom stereocenters. The number of hydrogen-bond acceptors (Lipinski definition) is 6. The van der Waals surface area contributed by atoms with Gasteiger partial charge in [0, 0.05) is 37.1 Å². The van der Waals surface area contributed by atoms with Crippen LogP contribution in [0.25, 0.3) is 32.6 Å². The maximum atomic E-state index is 12.5. The lowest BCUT2D eigenvalue weighted by atomic mass is 10.1. The normalized spacial score (nSPS) is 15.2. The third kappa shape index (κ3) is 4.84. The highest BCUT2D eigenvalue weighted by molar-refractivity contribution is 7.27. The van der Waals surface area contributed by atoms with Crippen LogP contribution in [-0.2, 0) is 4.79 Å². The van der Waals surface area contributed by atoms with E-state index in [0.717, 1.165) is 69.8 Å². The minimum Gasteiger partial charge on any atom is -0.304 e. The summed E-state index contributed by atoms with van der Waals surface area (Å²) in [5.74, 6) is -0.00941. The first kappa shape index (κ1) is 22.2. The van der Waals surface area contributed by atoms with Gasteiger partial charge in [0.05, 0.1) is 28.3 Å². The number of nitrogens with zero attached hydrogens (tertiary/aromatic N) is 4. The van der Waals surface area contributed by atoms with Gasteiger partial charge < -0.3 is 10.2 Å². The van der Waals surface area contributed by atoms with Crippen molar-refractivity contribution < 1.29 is 4.79 Å². The average molecular weight is 479 g/mol. The fourth-order valence-corrected chi connectivity index (χ4v) is 5.42. The molecule has 170 valence electrons. The number of piperazine rings is 1. The largest absolute Gasteiger partial charge is 0.304 e. The molecule has 0 spiro atoms. The molecule has 33 heavy (non-hydrogen) atoms. The van der Waals surface area contributed by atoms with Crippen molar-refractivity contribution in [1.29, 1.82) is 0 Å². The predicted octanol–water partition coefficient (Wildman–Crippen LogP) is 3.35. The first-order valence-corrected chi connectivity index (χ1v) is 12.4. The number of aromatic amines is 1. The fraction of sp³-hybridized carbons (Fsp3) is 0.292. The molecule has 0 saturated carbocycles. The van der Waals surface area contributed by atoms with Gasteiger partial charge in [-0.3, -0.25) is 14.8 Å². The SMILES string of the molecule is Cc1nc(NC(=O)CN2CCN(C)CC2)sc1-c1ccc2c(-c3cccc(P)c3)n[nH]c2c1. The molecule has 2 aromatic heterocycles. The Balaban J connectivity index is 1.33. The second-order valence-corrected chi connectivity index (χ2v) is 10.2. The maximum Gasteiger partial charge on any atom is 0.240 e. The van der Waals surface area contributed by atoms with Crippen molar-refractivity contribution in [3.05, 3.63) is 48.2 Å². The molecule has 2 aromatic carbocycles. The van der Waals surface area contributed by atoms with E-state index in [1.54, 1.807) is 0 Å². The Morgan fingerprint density at radius 2 is 1.97 bits per heavy atom. The number of thiazole rings is 1. The Kier molecular flexibility index (Phi) is 6.25. The molecular weight excluding hydrogens is 451 g/mol. The van der Waals surface area contributed by atoms with Gasteiger partial charge in [0.1, 0.15) is 0 Å². The van der Waals surface area contributed by atoms with Crippen LogP contribution >= 0.6 is 20.6 Å². The van der Waals surface area contributed by atoms with Gasteiger partial charge in [-0.2, -0.15) is 5.10 Å². The number of H-pyrrole nitrogens is 1. The van der Waals surface area contributed by atoms with Crippen LogP contribution in [-0.4, -0.2) is 70.7 Å². The van der Waals surface area contributed by atoms with E-state index in [9.17, 15) is 4.79 Å². The minimum absolute atomic E-state index is 0.00941. The van der Waals surface area contributed by atoms with Crippen LogP contribution in [0.3, 0.4) is 0 Å². The van der Waals surface area contributed by atoms with Crippen molar-refractivity contribution >= 4 is 47.8 Å². The second-order valence-electron chi connectivity index (χ2n) is 8.52. The van der Waals surface area contributed by atoms with Gasteiger partial charge in [-0.1, -0.05) is 35.6 Å². The van der Waals surface area contributed by atoms with Crippen LogP contribution in [0.4, 0.5) is 5.13 Å². The van der Waals surface area contributed by atoms with E-state index in [4.69, 9.17) is 0 Å². The maximum absolute atomic E-state index is 12.5. The highest BCUT2D eigenvalue weighted by Gasteiger charge is 2.18. The van der Waals surface area contributed by atoms with Gasteiger partial charge in [0.25, 0.3) is 0 Å². The quantitative estimate of drug-likeness (QED) is 0.430. The summed E-state index contributed by atoms with van der Waals surface area (Å²) in [6, 6.07) is 14.6. The van der Waals surface area contributed by atoms with Gasteiger partial charge >= 0.3 is 0 Å². The zero-order valence-electron chi connectivity index (χ0n) is 18.8. The van der Waals surface area contributed by atoms with Gasteiger partial charge in [0.2, 0.25) is 5.91 Å².